The van der Waals surface area contributed by atoms with E-state index in [1.54, 1.807) is 6.07 Å². The lowest BCUT2D eigenvalue weighted by atomic mass is 10.2. The second-order valence-corrected chi connectivity index (χ2v) is 5.16. The van der Waals surface area contributed by atoms with Crippen molar-refractivity contribution in [3.63, 3.8) is 0 Å². The van der Waals surface area contributed by atoms with Crippen LogP contribution in [0, 0.1) is 11.3 Å². The van der Waals surface area contributed by atoms with E-state index >= 15 is 0 Å². The summed E-state index contributed by atoms with van der Waals surface area (Å²) in [6.45, 7) is 7.37. The van der Waals surface area contributed by atoms with Crippen LogP contribution >= 0.6 is 23.2 Å². The Balaban J connectivity index is 3.14. The molecule has 0 aliphatic heterocycles. The Morgan fingerprint density at radius 3 is 2.63 bits per heavy atom. The maximum Gasteiger partial charge on any atom is 0.150 e. The van der Waals surface area contributed by atoms with Gasteiger partial charge in [-0.25, -0.2) is 4.98 Å². The highest BCUT2D eigenvalue weighted by molar-refractivity contribution is 6.37. The van der Waals surface area contributed by atoms with E-state index in [1.165, 1.54) is 0 Å². The van der Waals surface area contributed by atoms with Crippen molar-refractivity contribution in [2.45, 2.75) is 33.2 Å². The molecule has 4 nitrogen and oxygen atoms in total. The predicted molar refractivity (Wildman–Crippen MR) is 81.1 cm³/mol. The minimum absolute atomic E-state index is 0.203. The van der Waals surface area contributed by atoms with Crippen molar-refractivity contribution in [1.82, 2.24) is 4.98 Å². The Morgan fingerprint density at radius 1 is 1.42 bits per heavy atom. The molecule has 0 radical (unpaired) electrons. The number of rotatable bonds is 6. The van der Waals surface area contributed by atoms with Gasteiger partial charge in [-0.1, -0.05) is 23.2 Å². The predicted octanol–water partition coefficient (Wildman–Crippen LogP) is 3.95. The van der Waals surface area contributed by atoms with Crippen molar-refractivity contribution in [1.29, 1.82) is 5.26 Å². The molecule has 1 aromatic rings. The van der Waals surface area contributed by atoms with Crippen LogP contribution < -0.4 is 10.2 Å². The Hall–Kier alpha value is -1.18. The quantitative estimate of drug-likeness (QED) is 0.864. The summed E-state index contributed by atoms with van der Waals surface area (Å²) in [6, 6.07) is 4.03. The van der Waals surface area contributed by atoms with Gasteiger partial charge in [0.05, 0.1) is 22.5 Å². The molecule has 0 amide bonds. The zero-order chi connectivity index (χ0) is 14.4. The first-order valence-corrected chi connectivity index (χ1v) is 7.00. The van der Waals surface area contributed by atoms with Gasteiger partial charge in [-0.15, -0.1) is 0 Å². The molecule has 0 bridgehead atoms. The number of nitriles is 1. The molecule has 104 valence electrons. The van der Waals surface area contributed by atoms with E-state index in [2.05, 4.69) is 16.4 Å². The molecule has 1 aromatic heterocycles. The molecule has 0 unspecified atom stereocenters. The maximum absolute atomic E-state index is 8.73. The van der Waals surface area contributed by atoms with E-state index in [0.717, 1.165) is 6.54 Å². The van der Waals surface area contributed by atoms with Crippen molar-refractivity contribution in [3.05, 3.63) is 16.1 Å². The molecule has 0 atom stereocenters. The highest BCUT2D eigenvalue weighted by Gasteiger charge is 2.17. The molecule has 0 aliphatic rings. The van der Waals surface area contributed by atoms with Crippen LogP contribution in [0.5, 0.6) is 0 Å². The maximum atomic E-state index is 8.73. The summed E-state index contributed by atoms with van der Waals surface area (Å²) in [5.74, 6) is 1.28. The van der Waals surface area contributed by atoms with E-state index in [1.807, 2.05) is 25.7 Å². The Kier molecular flexibility index (Phi) is 6.20. The molecule has 0 spiro atoms. The van der Waals surface area contributed by atoms with Crippen molar-refractivity contribution in [2.24, 2.45) is 0 Å². The largest absolute Gasteiger partial charge is 0.369 e. The minimum atomic E-state index is 0.203. The van der Waals surface area contributed by atoms with Crippen molar-refractivity contribution in [2.75, 3.05) is 23.3 Å². The minimum Gasteiger partial charge on any atom is -0.369 e. The van der Waals surface area contributed by atoms with Gasteiger partial charge in [-0.2, -0.15) is 5.26 Å². The van der Waals surface area contributed by atoms with Crippen LogP contribution in [-0.4, -0.2) is 24.1 Å². The molecule has 1 heterocycles. The number of pyridine rings is 1. The van der Waals surface area contributed by atoms with Gasteiger partial charge >= 0.3 is 0 Å². The number of anilines is 2. The van der Waals surface area contributed by atoms with Crippen LogP contribution in [0.15, 0.2) is 6.07 Å². The molecule has 0 saturated heterocycles. The summed E-state index contributed by atoms with van der Waals surface area (Å²) in [7, 11) is 0. The average Bonchev–Trinajstić information content (AvgIpc) is 2.34. The number of aromatic nitrogens is 1. The second kappa shape index (κ2) is 7.42. The van der Waals surface area contributed by atoms with Gasteiger partial charge < -0.3 is 10.2 Å². The lowest BCUT2D eigenvalue weighted by Crippen LogP contribution is -2.32. The highest BCUT2D eigenvalue weighted by Crippen LogP contribution is 2.32. The lowest BCUT2D eigenvalue weighted by molar-refractivity contribution is 0.677. The highest BCUT2D eigenvalue weighted by atomic mass is 35.5. The van der Waals surface area contributed by atoms with Crippen LogP contribution in [-0.2, 0) is 0 Å². The van der Waals surface area contributed by atoms with E-state index < -0.39 is 0 Å². The number of hydrogen-bond acceptors (Lipinski definition) is 4. The summed E-state index contributed by atoms with van der Waals surface area (Å²) in [5, 5.41) is 12.8. The normalized spacial score (nSPS) is 10.4. The standard InChI is InChI=1S/C13H18Cl2N4/c1-4-17-12-10(14)8-11(15)13(18-12)19(9(2)3)7-5-6-16/h8-9H,4-5,7H2,1-3H3,(H,17,18). The zero-order valence-corrected chi connectivity index (χ0v) is 12.9. The molecule has 0 fully saturated rings. The fourth-order valence-electron chi connectivity index (χ4n) is 1.73. The van der Waals surface area contributed by atoms with Crippen LogP contribution in [0.25, 0.3) is 0 Å². The van der Waals surface area contributed by atoms with E-state index in [-0.39, 0.29) is 6.04 Å². The van der Waals surface area contributed by atoms with Gasteiger partial charge in [0, 0.05) is 19.1 Å². The molecule has 0 aromatic carbocycles. The van der Waals surface area contributed by atoms with Crippen LogP contribution in [0.1, 0.15) is 27.2 Å². The first-order chi connectivity index (χ1) is 9.01. The molecule has 6 heteroatoms. The SMILES string of the molecule is CCNc1nc(N(CCC#N)C(C)C)c(Cl)cc1Cl. The third-order valence-corrected chi connectivity index (χ3v) is 3.18. The average molecular weight is 301 g/mol. The molecule has 19 heavy (non-hydrogen) atoms. The zero-order valence-electron chi connectivity index (χ0n) is 11.4. The van der Waals surface area contributed by atoms with Crippen LogP contribution in [0.2, 0.25) is 10.0 Å². The smallest absolute Gasteiger partial charge is 0.150 e. The van der Waals surface area contributed by atoms with Gasteiger partial charge in [0.15, 0.2) is 0 Å². The number of halogens is 2. The van der Waals surface area contributed by atoms with Crippen LogP contribution in [0.4, 0.5) is 11.6 Å². The molecule has 1 rings (SSSR count). The van der Waals surface area contributed by atoms with Gasteiger partial charge in [-0.3, -0.25) is 0 Å². The third kappa shape index (κ3) is 4.15. The van der Waals surface area contributed by atoms with Gasteiger partial charge in [0.2, 0.25) is 0 Å². The van der Waals surface area contributed by atoms with Crippen molar-refractivity contribution in [3.8, 4) is 6.07 Å². The number of nitrogens with zero attached hydrogens (tertiary/aromatic N) is 3. The fraction of sp³-hybridized carbons (Fsp3) is 0.538. The lowest BCUT2D eigenvalue weighted by Gasteiger charge is -2.28. The Morgan fingerprint density at radius 2 is 2.11 bits per heavy atom. The fourth-order valence-corrected chi connectivity index (χ4v) is 2.26. The Labute approximate surface area is 124 Å². The van der Waals surface area contributed by atoms with Crippen LogP contribution in [0.3, 0.4) is 0 Å². The monoisotopic (exact) mass is 300 g/mol. The van der Waals surface area contributed by atoms with Crippen molar-refractivity contribution < 1.29 is 0 Å². The summed E-state index contributed by atoms with van der Waals surface area (Å²) < 4.78 is 0. The molecular formula is C13H18Cl2N4. The topological polar surface area (TPSA) is 52.0 Å². The Bertz CT molecular complexity index is 468. The molecular weight excluding hydrogens is 283 g/mol. The molecule has 1 N–H and O–H groups in total. The first-order valence-electron chi connectivity index (χ1n) is 6.24. The van der Waals surface area contributed by atoms with E-state index in [0.29, 0.717) is 34.6 Å². The van der Waals surface area contributed by atoms with E-state index in [4.69, 9.17) is 28.5 Å². The first kappa shape index (κ1) is 15.9. The van der Waals surface area contributed by atoms with Gasteiger partial charge in [0.1, 0.15) is 11.6 Å². The number of hydrogen-bond donors (Lipinski definition) is 1. The van der Waals surface area contributed by atoms with Crippen molar-refractivity contribution >= 4 is 34.8 Å². The third-order valence-electron chi connectivity index (χ3n) is 2.62. The summed E-state index contributed by atoms with van der Waals surface area (Å²) in [5.41, 5.74) is 0. The summed E-state index contributed by atoms with van der Waals surface area (Å²) in [4.78, 5) is 6.48. The van der Waals surface area contributed by atoms with E-state index in [9.17, 15) is 0 Å². The summed E-state index contributed by atoms with van der Waals surface area (Å²) in [6.07, 6.45) is 0.426. The molecule has 0 aliphatic carbocycles. The summed E-state index contributed by atoms with van der Waals surface area (Å²) >= 11 is 12.3. The van der Waals surface area contributed by atoms with Gasteiger partial charge in [0.25, 0.3) is 0 Å². The second-order valence-electron chi connectivity index (χ2n) is 4.35. The molecule has 0 saturated carbocycles. The number of nitrogens with one attached hydrogen (secondary N) is 1. The van der Waals surface area contributed by atoms with Gasteiger partial charge in [-0.05, 0) is 26.8 Å².